The lowest BCUT2D eigenvalue weighted by atomic mass is 9.99. The molecule has 2 heterocycles. The van der Waals surface area contributed by atoms with Gasteiger partial charge in [-0.05, 0) is 38.9 Å². The Bertz CT molecular complexity index is 447. The first-order valence-electron chi connectivity index (χ1n) is 9.14. The summed E-state index contributed by atoms with van der Waals surface area (Å²) in [6.45, 7) is 6.26. The van der Waals surface area contributed by atoms with Gasteiger partial charge in [0, 0.05) is 50.7 Å². The van der Waals surface area contributed by atoms with Crippen molar-refractivity contribution in [2.24, 2.45) is 4.99 Å². The van der Waals surface area contributed by atoms with Crippen molar-refractivity contribution in [2.45, 2.75) is 43.4 Å². The summed E-state index contributed by atoms with van der Waals surface area (Å²) in [4.78, 5) is 17.9. The molecular weight excluding hydrogens is 340 g/mol. The van der Waals surface area contributed by atoms with Gasteiger partial charge in [-0.3, -0.25) is 4.99 Å². The lowest BCUT2D eigenvalue weighted by Gasteiger charge is -2.37. The van der Waals surface area contributed by atoms with Crippen LogP contribution < -0.4 is 10.6 Å². The molecule has 0 spiro atoms. The SMILES string of the molecule is CCOC(=O)N1CCC(NC(=NC)NCC2(SC)CCOCC2)CC1. The molecule has 0 aromatic carbocycles. The number of guanidine groups is 1. The highest BCUT2D eigenvalue weighted by Crippen LogP contribution is 2.32. The van der Waals surface area contributed by atoms with E-state index in [-0.39, 0.29) is 10.8 Å². The van der Waals surface area contributed by atoms with Crippen molar-refractivity contribution >= 4 is 23.8 Å². The third kappa shape index (κ3) is 5.95. The van der Waals surface area contributed by atoms with Gasteiger partial charge >= 0.3 is 6.09 Å². The van der Waals surface area contributed by atoms with E-state index < -0.39 is 0 Å². The molecule has 25 heavy (non-hydrogen) atoms. The van der Waals surface area contributed by atoms with Crippen molar-refractivity contribution in [1.29, 1.82) is 0 Å². The molecule has 0 radical (unpaired) electrons. The Hall–Kier alpha value is -1.15. The van der Waals surface area contributed by atoms with Crippen LogP contribution in [0.2, 0.25) is 0 Å². The highest BCUT2D eigenvalue weighted by molar-refractivity contribution is 8.00. The number of likely N-dealkylation sites (tertiary alicyclic amines) is 1. The quantitative estimate of drug-likeness (QED) is 0.565. The minimum Gasteiger partial charge on any atom is -0.450 e. The van der Waals surface area contributed by atoms with Crippen LogP contribution in [0.15, 0.2) is 4.99 Å². The summed E-state index contributed by atoms with van der Waals surface area (Å²) in [5.41, 5.74) is 0. The normalized spacial score (nSPS) is 21.7. The minimum atomic E-state index is -0.204. The maximum Gasteiger partial charge on any atom is 0.409 e. The molecular formula is C17H32N4O3S. The molecule has 2 N–H and O–H groups in total. The highest BCUT2D eigenvalue weighted by atomic mass is 32.2. The summed E-state index contributed by atoms with van der Waals surface area (Å²) in [6, 6.07) is 0.330. The number of carbonyl (C=O) groups is 1. The van der Waals surface area contributed by atoms with Gasteiger partial charge in [-0.1, -0.05) is 0 Å². The Labute approximate surface area is 155 Å². The molecule has 1 amide bonds. The first kappa shape index (κ1) is 20.2. The Balaban J connectivity index is 1.76. The van der Waals surface area contributed by atoms with E-state index in [1.807, 2.05) is 18.7 Å². The van der Waals surface area contributed by atoms with Crippen LogP contribution in [0.25, 0.3) is 0 Å². The molecule has 0 aliphatic carbocycles. The molecule has 2 fully saturated rings. The van der Waals surface area contributed by atoms with Crippen molar-refractivity contribution in [3.63, 3.8) is 0 Å². The third-order valence-electron chi connectivity index (χ3n) is 5.00. The molecule has 0 aromatic rings. The van der Waals surface area contributed by atoms with E-state index in [0.717, 1.165) is 64.5 Å². The molecule has 0 aromatic heterocycles. The molecule has 0 atom stereocenters. The van der Waals surface area contributed by atoms with Gasteiger partial charge in [0.2, 0.25) is 0 Å². The smallest absolute Gasteiger partial charge is 0.409 e. The van der Waals surface area contributed by atoms with Gasteiger partial charge in [0.25, 0.3) is 0 Å². The zero-order chi connectivity index (χ0) is 18.1. The summed E-state index contributed by atoms with van der Waals surface area (Å²) in [5.74, 6) is 0.842. The Kier molecular flexibility index (Phi) is 8.15. The number of aliphatic imine (C=N–C) groups is 1. The summed E-state index contributed by atoms with van der Waals surface area (Å²) < 4.78 is 10.8. The second-order valence-electron chi connectivity index (χ2n) is 6.53. The number of ether oxygens (including phenoxy) is 2. The molecule has 2 rings (SSSR count). The van der Waals surface area contributed by atoms with Gasteiger partial charge in [0.1, 0.15) is 0 Å². The molecule has 0 saturated carbocycles. The third-order valence-corrected chi connectivity index (χ3v) is 6.42. The molecule has 8 heteroatoms. The van der Waals surface area contributed by atoms with Gasteiger partial charge in [-0.15, -0.1) is 0 Å². The van der Waals surface area contributed by atoms with Crippen molar-refractivity contribution in [2.75, 3.05) is 52.8 Å². The average Bonchev–Trinajstić information content (AvgIpc) is 2.66. The summed E-state index contributed by atoms with van der Waals surface area (Å²) in [7, 11) is 1.80. The van der Waals surface area contributed by atoms with Crippen LogP contribution in [0, 0.1) is 0 Å². The molecule has 144 valence electrons. The average molecular weight is 373 g/mol. The van der Waals surface area contributed by atoms with Gasteiger partial charge in [-0.25, -0.2) is 4.79 Å². The number of hydrogen-bond acceptors (Lipinski definition) is 5. The number of nitrogens with zero attached hydrogens (tertiary/aromatic N) is 2. The van der Waals surface area contributed by atoms with Crippen LogP contribution in [0.3, 0.4) is 0 Å². The summed E-state index contributed by atoms with van der Waals surface area (Å²) in [5, 5.41) is 6.99. The lowest BCUT2D eigenvalue weighted by Crippen LogP contribution is -2.52. The zero-order valence-electron chi connectivity index (χ0n) is 15.7. The molecule has 0 unspecified atom stereocenters. The number of rotatable bonds is 5. The van der Waals surface area contributed by atoms with Crippen LogP contribution in [0.1, 0.15) is 32.6 Å². The fourth-order valence-electron chi connectivity index (χ4n) is 3.25. The molecule has 2 aliphatic rings. The van der Waals surface area contributed by atoms with Crippen LogP contribution in [-0.2, 0) is 9.47 Å². The van der Waals surface area contributed by atoms with E-state index in [9.17, 15) is 4.79 Å². The topological polar surface area (TPSA) is 75.2 Å². The van der Waals surface area contributed by atoms with Gasteiger partial charge in [0.05, 0.1) is 6.61 Å². The van der Waals surface area contributed by atoms with Gasteiger partial charge in [-0.2, -0.15) is 11.8 Å². The van der Waals surface area contributed by atoms with Crippen molar-refractivity contribution in [3.8, 4) is 0 Å². The predicted octanol–water partition coefficient (Wildman–Crippen LogP) is 1.68. The van der Waals surface area contributed by atoms with Crippen molar-refractivity contribution < 1.29 is 14.3 Å². The lowest BCUT2D eigenvalue weighted by molar-refractivity contribution is 0.0782. The second kappa shape index (κ2) is 10.1. The number of thioether (sulfide) groups is 1. The number of carbonyl (C=O) groups excluding carboxylic acids is 1. The van der Waals surface area contributed by atoms with Gasteiger partial charge in [0.15, 0.2) is 5.96 Å². The number of hydrogen-bond donors (Lipinski definition) is 2. The fourth-order valence-corrected chi connectivity index (χ4v) is 4.04. The largest absolute Gasteiger partial charge is 0.450 e. The van der Waals surface area contributed by atoms with Crippen LogP contribution in [-0.4, -0.2) is 80.5 Å². The monoisotopic (exact) mass is 372 g/mol. The zero-order valence-corrected chi connectivity index (χ0v) is 16.5. The van der Waals surface area contributed by atoms with E-state index in [1.54, 1.807) is 11.9 Å². The number of amides is 1. The van der Waals surface area contributed by atoms with Crippen molar-refractivity contribution in [3.05, 3.63) is 0 Å². The molecule has 7 nitrogen and oxygen atoms in total. The Morgan fingerprint density at radius 3 is 2.60 bits per heavy atom. The maximum atomic E-state index is 11.8. The number of piperidine rings is 1. The van der Waals surface area contributed by atoms with Crippen LogP contribution >= 0.6 is 11.8 Å². The van der Waals surface area contributed by atoms with Crippen molar-refractivity contribution in [1.82, 2.24) is 15.5 Å². The number of nitrogens with one attached hydrogen (secondary N) is 2. The standard InChI is InChI=1S/C17H32N4O3S/c1-4-24-16(22)21-9-5-14(6-10-21)20-15(18-2)19-13-17(25-3)7-11-23-12-8-17/h14H,4-13H2,1-3H3,(H2,18,19,20). The van der Waals surface area contributed by atoms with E-state index in [2.05, 4.69) is 21.9 Å². The minimum absolute atomic E-state index is 0.204. The second-order valence-corrected chi connectivity index (χ2v) is 7.80. The van der Waals surface area contributed by atoms with Crippen LogP contribution in [0.5, 0.6) is 0 Å². The predicted molar refractivity (Wildman–Crippen MR) is 102 cm³/mol. The highest BCUT2D eigenvalue weighted by Gasteiger charge is 2.32. The molecule has 2 aliphatic heterocycles. The van der Waals surface area contributed by atoms with E-state index in [1.165, 1.54) is 0 Å². The fraction of sp³-hybridized carbons (Fsp3) is 0.882. The van der Waals surface area contributed by atoms with Gasteiger partial charge < -0.3 is 25.0 Å². The van der Waals surface area contributed by atoms with E-state index in [0.29, 0.717) is 12.6 Å². The van der Waals surface area contributed by atoms with E-state index in [4.69, 9.17) is 9.47 Å². The Morgan fingerprint density at radius 2 is 2.04 bits per heavy atom. The van der Waals surface area contributed by atoms with E-state index >= 15 is 0 Å². The summed E-state index contributed by atoms with van der Waals surface area (Å²) >= 11 is 1.92. The molecule has 2 saturated heterocycles. The summed E-state index contributed by atoms with van der Waals surface area (Å²) in [6.07, 6.45) is 5.91. The molecule has 0 bridgehead atoms. The Morgan fingerprint density at radius 1 is 1.36 bits per heavy atom. The first-order chi connectivity index (χ1) is 12.1. The van der Waals surface area contributed by atoms with Crippen LogP contribution in [0.4, 0.5) is 4.79 Å². The maximum absolute atomic E-state index is 11.8. The first-order valence-corrected chi connectivity index (χ1v) is 10.4.